The Labute approximate surface area is 273 Å². The van der Waals surface area contributed by atoms with E-state index < -0.39 is 0 Å². The third kappa shape index (κ3) is 3.58. The molecule has 0 saturated carbocycles. The van der Waals surface area contributed by atoms with Crippen molar-refractivity contribution in [2.75, 3.05) is 4.90 Å². The molecular weight excluding hydrogens is 555 g/mol. The summed E-state index contributed by atoms with van der Waals surface area (Å²) in [7, 11) is 0. The highest BCUT2D eigenvalue weighted by Crippen LogP contribution is 2.59. The maximum absolute atomic E-state index is 2.60. The van der Waals surface area contributed by atoms with Gasteiger partial charge in [-0.3, -0.25) is 0 Å². The number of hydrogen-bond donors (Lipinski definition) is 0. The molecule has 5 aromatic rings. The van der Waals surface area contributed by atoms with Gasteiger partial charge in [-0.1, -0.05) is 126 Å². The van der Waals surface area contributed by atoms with Gasteiger partial charge in [0.25, 0.3) is 0 Å². The van der Waals surface area contributed by atoms with Crippen molar-refractivity contribution in [3.8, 4) is 33.4 Å². The smallest absolute Gasteiger partial charge is 0.0543 e. The van der Waals surface area contributed by atoms with Gasteiger partial charge in [0.05, 0.1) is 11.4 Å². The Hall–Kier alpha value is -4.62. The van der Waals surface area contributed by atoms with Crippen LogP contribution in [0.3, 0.4) is 0 Å². The highest BCUT2D eigenvalue weighted by atomic mass is 15.2. The summed E-state index contributed by atoms with van der Waals surface area (Å²) >= 11 is 0. The topological polar surface area (TPSA) is 3.24 Å². The summed E-state index contributed by atoms with van der Waals surface area (Å²) in [6, 6.07) is 39.2. The van der Waals surface area contributed by atoms with Crippen LogP contribution >= 0.6 is 0 Å². The van der Waals surface area contributed by atoms with Crippen LogP contribution in [-0.2, 0) is 16.2 Å². The van der Waals surface area contributed by atoms with Crippen molar-refractivity contribution >= 4 is 11.4 Å². The lowest BCUT2D eigenvalue weighted by Crippen LogP contribution is -2.40. The van der Waals surface area contributed by atoms with Gasteiger partial charge in [0.15, 0.2) is 0 Å². The SMILES string of the molecule is CC1(C)C2=C(C=CCC2)N2c3ccc(-c4ccc5c(c4)C(C)(C)c4cc(-c6ccccc6)ccc4-5)cc3C(C)(C)c3cccc1c32. The van der Waals surface area contributed by atoms with Crippen LogP contribution in [0.4, 0.5) is 11.4 Å². The van der Waals surface area contributed by atoms with E-state index in [9.17, 15) is 0 Å². The Bertz CT molecular complexity index is 2170. The Morgan fingerprint density at radius 3 is 1.74 bits per heavy atom. The molecule has 226 valence electrons. The molecule has 0 radical (unpaired) electrons. The van der Waals surface area contributed by atoms with Gasteiger partial charge in [-0.25, -0.2) is 0 Å². The van der Waals surface area contributed by atoms with Crippen LogP contribution in [-0.4, -0.2) is 0 Å². The maximum Gasteiger partial charge on any atom is 0.0543 e. The normalized spacial score (nSPS) is 18.8. The summed E-state index contributed by atoms with van der Waals surface area (Å²) in [5.41, 5.74) is 20.5. The lowest BCUT2D eigenvalue weighted by Gasteiger charge is -2.50. The van der Waals surface area contributed by atoms with E-state index in [0.29, 0.717) is 0 Å². The van der Waals surface area contributed by atoms with Crippen molar-refractivity contribution in [2.24, 2.45) is 0 Å². The zero-order chi connectivity index (χ0) is 31.6. The molecule has 0 unspecified atom stereocenters. The van der Waals surface area contributed by atoms with Crippen LogP contribution < -0.4 is 4.90 Å². The molecule has 0 saturated heterocycles. The summed E-state index contributed by atoms with van der Waals surface area (Å²) in [6.45, 7) is 14.5. The number of para-hydroxylation sites is 1. The summed E-state index contributed by atoms with van der Waals surface area (Å²) < 4.78 is 0. The second-order valence-corrected chi connectivity index (χ2v) is 15.3. The fourth-order valence-electron chi connectivity index (χ4n) is 9.10. The molecule has 0 bridgehead atoms. The second-order valence-electron chi connectivity index (χ2n) is 15.3. The molecule has 46 heavy (non-hydrogen) atoms. The second kappa shape index (κ2) is 9.23. The molecule has 0 fully saturated rings. The van der Waals surface area contributed by atoms with E-state index in [1.54, 1.807) is 5.57 Å². The van der Waals surface area contributed by atoms with Crippen LogP contribution in [0.15, 0.2) is 127 Å². The van der Waals surface area contributed by atoms with Gasteiger partial charge in [-0.05, 0) is 110 Å². The molecule has 9 rings (SSSR count). The Morgan fingerprint density at radius 2 is 1.07 bits per heavy atom. The molecule has 0 amide bonds. The molecular formula is C45H41N. The lowest BCUT2D eigenvalue weighted by molar-refractivity contribution is 0.555. The number of anilines is 2. The van der Waals surface area contributed by atoms with Gasteiger partial charge in [-0.2, -0.15) is 0 Å². The van der Waals surface area contributed by atoms with Crippen LogP contribution in [0.5, 0.6) is 0 Å². The highest BCUT2D eigenvalue weighted by Gasteiger charge is 2.46. The molecule has 0 atom stereocenters. The first-order valence-electron chi connectivity index (χ1n) is 16.9. The van der Waals surface area contributed by atoms with E-state index >= 15 is 0 Å². The van der Waals surface area contributed by atoms with E-state index in [0.717, 1.165) is 12.8 Å². The molecule has 2 aliphatic carbocycles. The molecule has 2 heterocycles. The summed E-state index contributed by atoms with van der Waals surface area (Å²) in [4.78, 5) is 2.60. The summed E-state index contributed by atoms with van der Waals surface area (Å²) in [5, 5.41) is 0. The third-order valence-electron chi connectivity index (χ3n) is 11.8. The van der Waals surface area contributed by atoms with Gasteiger partial charge in [0.2, 0.25) is 0 Å². The minimum atomic E-state index is -0.125. The number of rotatable bonds is 2. The predicted molar refractivity (Wildman–Crippen MR) is 194 cm³/mol. The fraction of sp³-hybridized carbons (Fsp3) is 0.244. The molecule has 5 aromatic carbocycles. The first-order chi connectivity index (χ1) is 22.1. The van der Waals surface area contributed by atoms with Gasteiger partial charge < -0.3 is 4.90 Å². The largest absolute Gasteiger partial charge is 0.310 e. The number of nitrogens with zero attached hydrogens (tertiary/aromatic N) is 1. The minimum Gasteiger partial charge on any atom is -0.310 e. The standard InChI is InChI=1S/C45H41N/c1-43(2)34-15-10-11-18-40(34)46-41-24-21-31(27-39(41)44(3,4)36-17-12-16-35(43)42(36)46)30-20-23-33-32-22-19-29(28-13-8-7-9-14-28)25-37(32)45(5,6)38(33)26-30/h7-9,11-14,16-27H,10,15H2,1-6H3. The average Bonchev–Trinajstić information content (AvgIpc) is 3.30. The number of fused-ring (bicyclic) bond motifs is 6. The first kappa shape index (κ1) is 27.7. The van der Waals surface area contributed by atoms with Crippen LogP contribution in [0, 0.1) is 0 Å². The van der Waals surface area contributed by atoms with Crippen LogP contribution in [0.2, 0.25) is 0 Å². The van der Waals surface area contributed by atoms with E-state index in [2.05, 4.69) is 162 Å². The monoisotopic (exact) mass is 595 g/mol. The fourth-order valence-corrected chi connectivity index (χ4v) is 9.10. The first-order valence-corrected chi connectivity index (χ1v) is 16.9. The summed E-state index contributed by atoms with van der Waals surface area (Å²) in [6.07, 6.45) is 6.99. The van der Waals surface area contributed by atoms with Gasteiger partial charge in [0.1, 0.15) is 0 Å². The highest BCUT2D eigenvalue weighted by molar-refractivity contribution is 5.90. The van der Waals surface area contributed by atoms with Gasteiger partial charge >= 0.3 is 0 Å². The van der Waals surface area contributed by atoms with Crippen LogP contribution in [0.1, 0.15) is 82.2 Å². The van der Waals surface area contributed by atoms with Crippen molar-refractivity contribution in [1.82, 2.24) is 0 Å². The van der Waals surface area contributed by atoms with E-state index in [1.165, 1.54) is 78.3 Å². The van der Waals surface area contributed by atoms with E-state index in [4.69, 9.17) is 0 Å². The van der Waals surface area contributed by atoms with Gasteiger partial charge in [-0.15, -0.1) is 0 Å². The molecule has 0 N–H and O–H groups in total. The lowest BCUT2D eigenvalue weighted by atomic mass is 9.65. The molecule has 4 aliphatic rings. The summed E-state index contributed by atoms with van der Waals surface area (Å²) in [5.74, 6) is 0. The molecule has 0 aromatic heterocycles. The zero-order valence-corrected chi connectivity index (χ0v) is 27.8. The van der Waals surface area contributed by atoms with Crippen molar-refractivity contribution < 1.29 is 0 Å². The average molecular weight is 596 g/mol. The Kier molecular flexibility index (Phi) is 5.55. The Morgan fingerprint density at radius 1 is 0.500 bits per heavy atom. The van der Waals surface area contributed by atoms with E-state index in [-0.39, 0.29) is 16.2 Å². The Balaban J connectivity index is 1.17. The predicted octanol–water partition coefficient (Wildman–Crippen LogP) is 12.0. The van der Waals surface area contributed by atoms with Crippen molar-refractivity contribution in [3.63, 3.8) is 0 Å². The third-order valence-corrected chi connectivity index (χ3v) is 11.8. The minimum absolute atomic E-state index is 0.0200. The number of benzene rings is 5. The van der Waals surface area contributed by atoms with Crippen molar-refractivity contribution in [1.29, 1.82) is 0 Å². The molecule has 2 aliphatic heterocycles. The number of hydrogen-bond acceptors (Lipinski definition) is 1. The van der Waals surface area contributed by atoms with E-state index in [1.807, 2.05) is 0 Å². The number of allylic oxidation sites excluding steroid dienone is 3. The van der Waals surface area contributed by atoms with Crippen LogP contribution in [0.25, 0.3) is 33.4 Å². The molecule has 1 nitrogen and oxygen atoms in total. The molecule has 0 spiro atoms. The zero-order valence-electron chi connectivity index (χ0n) is 27.8. The quantitative estimate of drug-likeness (QED) is 0.196. The van der Waals surface area contributed by atoms with Gasteiger partial charge in [0, 0.05) is 21.9 Å². The molecule has 1 heteroatoms. The maximum atomic E-state index is 2.60. The van der Waals surface area contributed by atoms with Crippen molar-refractivity contribution in [3.05, 3.63) is 154 Å². The van der Waals surface area contributed by atoms with Crippen molar-refractivity contribution in [2.45, 2.75) is 70.6 Å².